The molecule has 0 heterocycles. The van der Waals surface area contributed by atoms with Crippen molar-refractivity contribution >= 4 is 19.1 Å². The van der Waals surface area contributed by atoms with E-state index in [4.69, 9.17) is 0 Å². The second kappa shape index (κ2) is 10.2. The summed E-state index contributed by atoms with van der Waals surface area (Å²) >= 11 is -4.97. The first-order valence-corrected chi connectivity index (χ1v) is 43.3. The minimum absolute atomic E-state index is 0.430. The molecule has 2 unspecified atom stereocenters. The van der Waals surface area contributed by atoms with Crippen LogP contribution in [-0.2, 0) is 14.2 Å². The van der Waals surface area contributed by atoms with E-state index in [1.807, 2.05) is 0 Å². The Hall–Kier alpha value is -2.55. The van der Waals surface area contributed by atoms with E-state index in [-0.39, 0.29) is 0 Å². The summed E-state index contributed by atoms with van der Waals surface area (Å²) in [5, 5.41) is 0. The maximum absolute atomic E-state index is 4.97. The van der Waals surface area contributed by atoms with E-state index < -0.39 is 14.2 Å². The van der Waals surface area contributed by atoms with E-state index in [1.165, 1.54) is 85.5 Å². The van der Waals surface area contributed by atoms with Crippen molar-refractivity contribution in [3.63, 3.8) is 0 Å². The van der Waals surface area contributed by atoms with Crippen LogP contribution in [0.1, 0.15) is 84.5 Å². The van der Waals surface area contributed by atoms with Gasteiger partial charge in [0.15, 0.2) is 0 Å². The van der Waals surface area contributed by atoms with Gasteiger partial charge in [-0.3, -0.25) is 0 Å². The second-order valence-electron chi connectivity index (χ2n) is 18.2. The molecule has 0 nitrogen and oxygen atoms in total. The quantitative estimate of drug-likeness (QED) is 0.117. The average Bonchev–Trinajstić information content (AvgIpc) is 3.66. The van der Waals surface area contributed by atoms with Gasteiger partial charge >= 0.3 is 271 Å². The van der Waals surface area contributed by atoms with Gasteiger partial charge in [-0.15, -0.1) is 0 Å². The van der Waals surface area contributed by atoms with Crippen LogP contribution in [0.3, 0.4) is 0 Å². The maximum atomic E-state index is 2.86. The fourth-order valence-corrected chi connectivity index (χ4v) is 48.8. The van der Waals surface area contributed by atoms with Crippen LogP contribution in [-0.4, -0.2) is 6.94 Å². The van der Waals surface area contributed by atoms with Crippen molar-refractivity contribution in [2.45, 2.75) is 85.9 Å². The number of hydrogen-bond donors (Lipinski definition) is 0. The molecule has 0 spiro atoms. The molecule has 0 saturated heterocycles. The van der Waals surface area contributed by atoms with Crippen molar-refractivity contribution < 1.29 is 14.2 Å². The molecule has 0 N–H and O–H groups in total. The Morgan fingerprint density at radius 2 is 0.978 bits per heavy atom. The molecule has 234 valence electrons. The molecule has 0 bridgehead atoms. The van der Waals surface area contributed by atoms with Gasteiger partial charge in [-0.1, -0.05) is 0 Å². The van der Waals surface area contributed by atoms with Crippen molar-refractivity contribution in [1.29, 1.82) is 0 Å². The van der Waals surface area contributed by atoms with E-state index in [0.29, 0.717) is 7.35 Å². The molecular weight excluding hydrogens is 723 g/mol. The van der Waals surface area contributed by atoms with Gasteiger partial charge in [0, 0.05) is 0 Å². The molecule has 2 atom stereocenters. The van der Waals surface area contributed by atoms with Crippen LogP contribution in [0.25, 0.3) is 34.4 Å². The normalized spacial score (nSPS) is 19.4. The molecule has 0 aromatic heterocycles. The predicted octanol–water partition coefficient (Wildman–Crippen LogP) is 12.5. The van der Waals surface area contributed by atoms with Crippen molar-refractivity contribution in [3.05, 3.63) is 129 Å². The molecule has 0 amide bonds. The summed E-state index contributed by atoms with van der Waals surface area (Å²) in [4.78, 5) is 0. The summed E-state index contributed by atoms with van der Waals surface area (Å²) in [7, 11) is 0. The van der Waals surface area contributed by atoms with Crippen LogP contribution in [0, 0.1) is 27.7 Å². The van der Waals surface area contributed by atoms with Gasteiger partial charge in [-0.25, -0.2) is 0 Å². The Kier molecular flexibility index (Phi) is 7.36. The number of hydrogen-bond acceptors (Lipinski definition) is 0. The summed E-state index contributed by atoms with van der Waals surface area (Å²) < 4.78 is 10.8. The van der Waals surface area contributed by atoms with Crippen molar-refractivity contribution in [1.82, 2.24) is 0 Å². The number of benzene rings is 4. The number of rotatable bonds is 9. The first kappa shape index (κ1) is 32.4. The minimum atomic E-state index is -4.97. The first-order valence-electron chi connectivity index (χ1n) is 17.5. The first-order chi connectivity index (χ1) is 21.1. The third-order valence-corrected chi connectivity index (χ3v) is 59.0. The van der Waals surface area contributed by atoms with Gasteiger partial charge in [0.05, 0.1) is 0 Å². The summed E-state index contributed by atoms with van der Waals surface area (Å²) in [5.41, 5.74) is 17.1. The van der Waals surface area contributed by atoms with Crippen molar-refractivity contribution in [2.75, 3.05) is 0 Å². The summed E-state index contributed by atoms with van der Waals surface area (Å²) in [5.74, 6) is 0. The molecule has 2 heteroatoms. The second-order valence-corrected chi connectivity index (χ2v) is 99.9. The van der Waals surface area contributed by atoms with Gasteiger partial charge in [0.2, 0.25) is 0 Å². The SMILES string of the molecule is CCCCC[CH2][Hf]([CH3])([CH3])([CH3])(=[SiH2])([CH]1C=Cc2c(-c3cccc(C)c3C)cccc21)[CH]1C=Cc2c(-c3cccc(C)c3C)cccc21. The van der Waals surface area contributed by atoms with Crippen LogP contribution >= 0.6 is 0 Å². The van der Waals surface area contributed by atoms with E-state index >= 15 is 0 Å². The van der Waals surface area contributed by atoms with Crippen LogP contribution in [0.4, 0.5) is 0 Å². The standard InChI is InChI=1S/2C17H15.C6H13.3CH3.Hf.H2Si/c2*1-12-6-3-9-15(13(12)2)17-11-5-8-14-7-4-10-16(14)17;1-3-5-6-4-2;;;;;/h2*3-11H,1-2H3;1,3-6H2,2H3;3*1H3;;1H2. The molecule has 4 aromatic carbocycles. The van der Waals surface area contributed by atoms with Gasteiger partial charge < -0.3 is 0 Å². The zero-order chi connectivity index (χ0) is 32.3. The molecule has 2 aliphatic rings. The Bertz CT molecular complexity index is 1900. The Balaban J connectivity index is 1.58. The fourth-order valence-electron chi connectivity index (χ4n) is 9.66. The van der Waals surface area contributed by atoms with Crippen LogP contribution in [0.15, 0.2) is 84.9 Å². The van der Waals surface area contributed by atoms with Crippen LogP contribution < -0.4 is 0 Å². The molecule has 0 saturated carbocycles. The number of aryl methyl sites for hydroxylation is 2. The number of unbranched alkanes of at least 4 members (excludes halogenated alkanes) is 3. The van der Waals surface area contributed by atoms with Gasteiger partial charge in [-0.05, 0) is 0 Å². The third kappa shape index (κ3) is 5.01. The van der Waals surface area contributed by atoms with E-state index in [0.717, 1.165) is 0 Å². The Morgan fingerprint density at radius 3 is 1.42 bits per heavy atom. The predicted molar refractivity (Wildman–Crippen MR) is 201 cm³/mol. The fraction of sp³-hybridized carbons (Fsp3) is 0.349. The molecular formula is C43H54HfSi. The zero-order valence-corrected chi connectivity index (χ0v) is 34.1. The number of allylic oxidation sites excluding steroid dienone is 2. The summed E-state index contributed by atoms with van der Waals surface area (Å²) in [6.45, 7) is 13.9. The van der Waals surface area contributed by atoms with Gasteiger partial charge in [0.25, 0.3) is 0 Å². The Labute approximate surface area is 269 Å². The molecule has 6 rings (SSSR count). The molecule has 0 fully saturated rings. The zero-order valence-electron chi connectivity index (χ0n) is 29.1. The van der Waals surface area contributed by atoms with Crippen molar-refractivity contribution in [2.24, 2.45) is 0 Å². The van der Waals surface area contributed by atoms with Crippen molar-refractivity contribution in [3.8, 4) is 22.3 Å². The molecule has 0 aliphatic heterocycles. The van der Waals surface area contributed by atoms with E-state index in [9.17, 15) is 0 Å². The molecule has 2 aliphatic carbocycles. The van der Waals surface area contributed by atoms with Gasteiger partial charge in [-0.2, -0.15) is 0 Å². The molecule has 0 radical (unpaired) electrons. The van der Waals surface area contributed by atoms with Crippen LogP contribution in [0.2, 0.25) is 18.2 Å². The van der Waals surface area contributed by atoms with Crippen LogP contribution in [0.5, 0.6) is 0 Å². The summed E-state index contributed by atoms with van der Waals surface area (Å²) in [6.07, 6.45) is 15.6. The Morgan fingerprint density at radius 1 is 0.556 bits per heavy atom. The summed E-state index contributed by atoms with van der Waals surface area (Å²) in [6, 6.07) is 27.9. The van der Waals surface area contributed by atoms with Gasteiger partial charge in [0.1, 0.15) is 0 Å². The third-order valence-electron chi connectivity index (χ3n) is 13.0. The molecule has 45 heavy (non-hydrogen) atoms. The monoisotopic (exact) mass is 778 g/mol. The number of fused-ring (bicyclic) bond motifs is 2. The topological polar surface area (TPSA) is 0 Å². The van der Waals surface area contributed by atoms with E-state index in [1.54, 1.807) is 11.1 Å². The average molecular weight is 777 g/mol. The molecule has 4 aromatic rings. The van der Waals surface area contributed by atoms with E-state index in [2.05, 4.69) is 153 Å².